The molecular weight excluding hydrogens is 572 g/mol. The van der Waals surface area contributed by atoms with Gasteiger partial charge in [-0.15, -0.1) is 0 Å². The van der Waals surface area contributed by atoms with Crippen molar-refractivity contribution in [3.63, 3.8) is 0 Å². The normalized spacial score (nSPS) is 18.1. The number of allylic oxidation sites excluding steroid dienone is 2. The second kappa shape index (κ2) is 12.9. The van der Waals surface area contributed by atoms with E-state index >= 15 is 0 Å². The van der Waals surface area contributed by atoms with Crippen molar-refractivity contribution in [2.75, 3.05) is 0 Å². The molecule has 2 amide bonds. The fourth-order valence-electron chi connectivity index (χ4n) is 5.81. The van der Waals surface area contributed by atoms with Gasteiger partial charge in [0.05, 0.1) is 23.2 Å². The molecule has 4 heterocycles. The van der Waals surface area contributed by atoms with Crippen LogP contribution in [0.1, 0.15) is 72.7 Å². The van der Waals surface area contributed by atoms with Crippen molar-refractivity contribution in [1.29, 1.82) is 0 Å². The monoisotopic (exact) mass is 612 g/mol. The number of hydrogen-bond acceptors (Lipinski definition) is 4. The highest BCUT2D eigenvalue weighted by molar-refractivity contribution is 6.02. The van der Waals surface area contributed by atoms with Crippen molar-refractivity contribution >= 4 is 35.9 Å². The standard InChI is InChI=1S/C35H40N4O6/c1-9-22-20(7)32(40)38-28(22)13-26-18(5)24(11-16(3)34(42)43)30(36-26)15-31-25(12-17(4)35(44)45)19(6)27(37-31)14-29-23(10-2)21(8)33(41)39-29/h9-10,13-14,16-17,36-37H,1-2,11-12,15H2,3-8H3,(H,38,40)(H,39,41)(H,42,43)(H,44,45)/t16-,17+. The number of carboxylic acid groups (broad SMARTS) is 2. The summed E-state index contributed by atoms with van der Waals surface area (Å²) < 4.78 is 0. The molecule has 0 spiro atoms. The second-order valence-electron chi connectivity index (χ2n) is 11.8. The summed E-state index contributed by atoms with van der Waals surface area (Å²) in [5.41, 5.74) is 10.1. The van der Waals surface area contributed by atoms with Gasteiger partial charge in [-0.3, -0.25) is 19.2 Å². The molecule has 2 aromatic heterocycles. The topological polar surface area (TPSA) is 164 Å². The van der Waals surface area contributed by atoms with Gasteiger partial charge in [0.15, 0.2) is 0 Å². The van der Waals surface area contributed by atoms with Crippen LogP contribution in [0.4, 0.5) is 0 Å². The van der Waals surface area contributed by atoms with Gasteiger partial charge >= 0.3 is 11.9 Å². The Kier molecular flexibility index (Phi) is 9.37. The van der Waals surface area contributed by atoms with Crippen molar-refractivity contribution in [1.82, 2.24) is 20.6 Å². The quantitative estimate of drug-likeness (QED) is 0.197. The predicted octanol–water partition coefficient (Wildman–Crippen LogP) is 5.02. The summed E-state index contributed by atoms with van der Waals surface area (Å²) in [6, 6.07) is 0. The molecule has 236 valence electrons. The highest BCUT2D eigenvalue weighted by Crippen LogP contribution is 2.32. The Balaban J connectivity index is 1.86. The lowest BCUT2D eigenvalue weighted by Crippen LogP contribution is -2.15. The lowest BCUT2D eigenvalue weighted by Gasteiger charge is -2.12. The summed E-state index contributed by atoms with van der Waals surface area (Å²) >= 11 is 0. The van der Waals surface area contributed by atoms with Gasteiger partial charge in [-0.25, -0.2) is 0 Å². The van der Waals surface area contributed by atoms with Crippen molar-refractivity contribution in [3.05, 3.63) is 104 Å². The zero-order chi connectivity index (χ0) is 33.3. The molecule has 10 nitrogen and oxygen atoms in total. The first-order valence-corrected chi connectivity index (χ1v) is 14.8. The van der Waals surface area contributed by atoms with Crippen LogP contribution in [0.2, 0.25) is 0 Å². The van der Waals surface area contributed by atoms with E-state index < -0.39 is 23.8 Å². The Labute approximate surface area is 262 Å². The Morgan fingerprint density at radius 2 is 1.07 bits per heavy atom. The lowest BCUT2D eigenvalue weighted by molar-refractivity contribution is -0.142. The van der Waals surface area contributed by atoms with Gasteiger partial charge in [0.1, 0.15) is 0 Å². The molecule has 6 N–H and O–H groups in total. The summed E-state index contributed by atoms with van der Waals surface area (Å²) in [4.78, 5) is 55.4. The first kappa shape index (κ1) is 32.8. The van der Waals surface area contributed by atoms with Crippen LogP contribution in [-0.2, 0) is 38.4 Å². The van der Waals surface area contributed by atoms with E-state index in [1.54, 1.807) is 39.8 Å². The smallest absolute Gasteiger partial charge is 0.306 e. The fourth-order valence-corrected chi connectivity index (χ4v) is 5.81. The molecule has 0 unspecified atom stereocenters. The molecule has 2 atom stereocenters. The van der Waals surface area contributed by atoms with E-state index in [2.05, 4.69) is 33.8 Å². The third-order valence-electron chi connectivity index (χ3n) is 8.78. The minimum Gasteiger partial charge on any atom is -0.481 e. The number of aromatic amines is 2. The van der Waals surface area contributed by atoms with Gasteiger partial charge in [0.25, 0.3) is 11.8 Å². The highest BCUT2D eigenvalue weighted by atomic mass is 16.4. The number of hydrogen-bond donors (Lipinski definition) is 6. The van der Waals surface area contributed by atoms with E-state index in [0.29, 0.717) is 40.1 Å². The molecule has 0 saturated carbocycles. The summed E-state index contributed by atoms with van der Waals surface area (Å²) in [5, 5.41) is 25.2. The molecule has 2 aliphatic rings. The Bertz CT molecular complexity index is 1650. The van der Waals surface area contributed by atoms with Crippen LogP contribution in [-0.4, -0.2) is 43.9 Å². The second-order valence-corrected chi connectivity index (χ2v) is 11.8. The zero-order valence-corrected chi connectivity index (χ0v) is 26.5. The summed E-state index contributed by atoms with van der Waals surface area (Å²) in [5.74, 6) is -3.57. The number of aromatic nitrogens is 2. The molecule has 2 aliphatic heterocycles. The Morgan fingerprint density at radius 1 is 0.711 bits per heavy atom. The van der Waals surface area contributed by atoms with E-state index in [-0.39, 0.29) is 24.7 Å². The third-order valence-corrected chi connectivity index (χ3v) is 8.78. The van der Waals surface area contributed by atoms with E-state index in [9.17, 15) is 29.4 Å². The molecule has 0 fully saturated rings. The van der Waals surface area contributed by atoms with Crippen molar-refractivity contribution in [2.24, 2.45) is 11.8 Å². The third kappa shape index (κ3) is 6.40. The number of nitrogens with one attached hydrogen (secondary N) is 4. The summed E-state index contributed by atoms with van der Waals surface area (Å²) in [7, 11) is 0. The first-order chi connectivity index (χ1) is 21.2. The zero-order valence-electron chi connectivity index (χ0n) is 26.5. The number of carbonyl (C=O) groups is 4. The molecule has 2 aromatic rings. The lowest BCUT2D eigenvalue weighted by atomic mass is 9.93. The highest BCUT2D eigenvalue weighted by Gasteiger charge is 2.27. The van der Waals surface area contributed by atoms with Gasteiger partial charge in [0.2, 0.25) is 0 Å². The SMILES string of the molecule is C=CC1=C(C)C(=O)NC1=Cc1[nH]c(Cc2[nH]c(C=C3NC(=O)C(C)=C3C=C)c(C)c2C[C@H](C)C(=O)O)c(C[C@@H](C)C(=O)O)c1C. The van der Waals surface area contributed by atoms with Crippen LogP contribution in [0.15, 0.2) is 59.0 Å². The molecule has 0 aliphatic carbocycles. The Morgan fingerprint density at radius 3 is 1.38 bits per heavy atom. The van der Waals surface area contributed by atoms with E-state index in [4.69, 9.17) is 0 Å². The molecule has 45 heavy (non-hydrogen) atoms. The maximum absolute atomic E-state index is 12.4. The van der Waals surface area contributed by atoms with Crippen LogP contribution in [0.3, 0.4) is 0 Å². The average molecular weight is 613 g/mol. The maximum atomic E-state index is 12.4. The number of H-pyrrole nitrogens is 2. The average Bonchev–Trinajstić information content (AvgIpc) is 3.62. The summed E-state index contributed by atoms with van der Waals surface area (Å²) in [6.45, 7) is 18.3. The summed E-state index contributed by atoms with van der Waals surface area (Å²) in [6.07, 6.45) is 7.78. The van der Waals surface area contributed by atoms with E-state index in [0.717, 1.165) is 45.0 Å². The van der Waals surface area contributed by atoms with Crippen LogP contribution in [0, 0.1) is 25.7 Å². The molecule has 4 rings (SSSR count). The van der Waals surface area contributed by atoms with E-state index in [1.807, 2.05) is 26.0 Å². The number of carbonyl (C=O) groups excluding carboxylic acids is 2. The van der Waals surface area contributed by atoms with Crippen molar-refractivity contribution < 1.29 is 29.4 Å². The molecule has 10 heteroatoms. The van der Waals surface area contributed by atoms with Gasteiger partial charge in [-0.2, -0.15) is 0 Å². The molecule has 0 bridgehead atoms. The number of rotatable bonds is 12. The van der Waals surface area contributed by atoms with Gasteiger partial charge in [0, 0.05) is 51.5 Å². The predicted molar refractivity (Wildman–Crippen MR) is 173 cm³/mol. The van der Waals surface area contributed by atoms with Crippen molar-refractivity contribution in [3.8, 4) is 0 Å². The van der Waals surface area contributed by atoms with E-state index in [1.165, 1.54) is 0 Å². The van der Waals surface area contributed by atoms with Gasteiger partial charge in [-0.05, 0) is 74.9 Å². The van der Waals surface area contributed by atoms with Crippen LogP contribution < -0.4 is 10.6 Å². The Hall–Kier alpha value is -5.12. The maximum Gasteiger partial charge on any atom is 0.306 e. The van der Waals surface area contributed by atoms with Crippen LogP contribution >= 0.6 is 0 Å². The number of amides is 2. The molecule has 0 aromatic carbocycles. The van der Waals surface area contributed by atoms with Crippen molar-refractivity contribution in [2.45, 2.75) is 60.8 Å². The van der Waals surface area contributed by atoms with Crippen LogP contribution in [0.25, 0.3) is 12.2 Å². The molecule has 0 radical (unpaired) electrons. The number of aliphatic carboxylic acids is 2. The van der Waals surface area contributed by atoms with Crippen LogP contribution in [0.5, 0.6) is 0 Å². The number of carboxylic acids is 2. The fraction of sp³-hybridized carbons (Fsp3) is 0.314. The molecule has 0 saturated heterocycles. The minimum absolute atomic E-state index is 0.205. The minimum atomic E-state index is -0.919. The molecular formula is C35H40N4O6. The first-order valence-electron chi connectivity index (χ1n) is 14.8. The largest absolute Gasteiger partial charge is 0.481 e. The van der Waals surface area contributed by atoms with Gasteiger partial charge < -0.3 is 30.8 Å². The van der Waals surface area contributed by atoms with Gasteiger partial charge in [-0.1, -0.05) is 39.2 Å².